The number of amides is 4. The van der Waals surface area contributed by atoms with Gasteiger partial charge in [0.05, 0.1) is 16.6 Å². The molecule has 0 aliphatic carbocycles. The van der Waals surface area contributed by atoms with Crippen LogP contribution in [0.1, 0.15) is 12.8 Å². The highest BCUT2D eigenvalue weighted by molar-refractivity contribution is 6.33. The van der Waals surface area contributed by atoms with E-state index in [0.29, 0.717) is 35.2 Å². The molecular formula is C16H19ClN4O4. The zero-order valence-electron chi connectivity index (χ0n) is 13.7. The number of anilines is 2. The second-order valence-corrected chi connectivity index (χ2v) is 6.41. The number of rotatable bonds is 2. The summed E-state index contributed by atoms with van der Waals surface area (Å²) in [6.45, 7) is 0.856. The Morgan fingerprint density at radius 2 is 2.20 bits per heavy atom. The van der Waals surface area contributed by atoms with Crippen LogP contribution in [0.4, 0.5) is 16.2 Å². The first kappa shape index (κ1) is 17.3. The standard InChI is InChI=1S/C16H19ClN4O4/c1-18-15(23)9-3-2-4-21(7-9)16(24)19-10-5-11(17)14-12(6-10)20-13(22)8-25-14/h5-6,9H,2-4,7-8H2,1H3,(H,18,23)(H,19,24)(H,20,22)/t9-/m1/s1. The number of ether oxygens (including phenoxy) is 1. The van der Waals surface area contributed by atoms with Gasteiger partial charge in [0.2, 0.25) is 5.91 Å². The Hall–Kier alpha value is -2.48. The SMILES string of the molecule is CNC(=O)[C@@H]1CCCN(C(=O)Nc2cc(Cl)c3c(c2)NC(=O)CO3)C1. The third-order valence-electron chi connectivity index (χ3n) is 4.24. The molecule has 0 aromatic heterocycles. The molecule has 0 bridgehead atoms. The zero-order valence-corrected chi connectivity index (χ0v) is 14.5. The third-order valence-corrected chi connectivity index (χ3v) is 4.52. The monoisotopic (exact) mass is 366 g/mol. The van der Waals surface area contributed by atoms with Gasteiger partial charge in [-0.05, 0) is 25.0 Å². The number of urea groups is 1. The van der Waals surface area contributed by atoms with Crippen LogP contribution in [0.5, 0.6) is 5.75 Å². The van der Waals surface area contributed by atoms with Gasteiger partial charge in [-0.2, -0.15) is 0 Å². The molecule has 134 valence electrons. The summed E-state index contributed by atoms with van der Waals surface area (Å²) >= 11 is 6.15. The molecule has 1 fully saturated rings. The molecule has 0 unspecified atom stereocenters. The van der Waals surface area contributed by atoms with E-state index >= 15 is 0 Å². The molecule has 25 heavy (non-hydrogen) atoms. The largest absolute Gasteiger partial charge is 0.480 e. The normalized spacial score (nSPS) is 19.4. The molecule has 0 saturated carbocycles. The van der Waals surface area contributed by atoms with Gasteiger partial charge in [0.15, 0.2) is 12.4 Å². The van der Waals surface area contributed by atoms with Gasteiger partial charge in [0, 0.05) is 25.8 Å². The van der Waals surface area contributed by atoms with E-state index in [1.54, 1.807) is 24.1 Å². The van der Waals surface area contributed by atoms with Gasteiger partial charge >= 0.3 is 6.03 Å². The number of hydrogen-bond acceptors (Lipinski definition) is 4. The summed E-state index contributed by atoms with van der Waals surface area (Å²) in [6.07, 6.45) is 1.53. The molecule has 9 heteroatoms. The van der Waals surface area contributed by atoms with Crippen molar-refractivity contribution in [1.29, 1.82) is 0 Å². The Balaban J connectivity index is 1.70. The third kappa shape index (κ3) is 3.79. The van der Waals surface area contributed by atoms with Crippen LogP contribution in [-0.2, 0) is 9.59 Å². The molecule has 1 saturated heterocycles. The van der Waals surface area contributed by atoms with Crippen molar-refractivity contribution in [3.8, 4) is 5.75 Å². The van der Waals surface area contributed by atoms with Crippen molar-refractivity contribution in [2.45, 2.75) is 12.8 Å². The van der Waals surface area contributed by atoms with Crippen molar-refractivity contribution in [2.75, 3.05) is 37.4 Å². The number of benzene rings is 1. The minimum atomic E-state index is -0.312. The van der Waals surface area contributed by atoms with Crippen LogP contribution >= 0.6 is 11.6 Å². The van der Waals surface area contributed by atoms with Crippen LogP contribution in [0.3, 0.4) is 0 Å². The predicted molar refractivity (Wildman–Crippen MR) is 93.0 cm³/mol. The minimum Gasteiger partial charge on any atom is -0.480 e. The molecule has 1 atom stereocenters. The molecule has 3 N–H and O–H groups in total. The lowest BCUT2D eigenvalue weighted by molar-refractivity contribution is -0.125. The van der Waals surface area contributed by atoms with Gasteiger partial charge in [-0.3, -0.25) is 9.59 Å². The minimum absolute atomic E-state index is 0.0609. The Bertz CT molecular complexity index is 724. The van der Waals surface area contributed by atoms with Gasteiger partial charge in [-0.15, -0.1) is 0 Å². The highest BCUT2D eigenvalue weighted by atomic mass is 35.5. The fourth-order valence-corrected chi connectivity index (χ4v) is 3.29. The van der Waals surface area contributed by atoms with Gasteiger partial charge in [-0.25, -0.2) is 4.79 Å². The van der Waals surface area contributed by atoms with Crippen LogP contribution in [0, 0.1) is 5.92 Å². The van der Waals surface area contributed by atoms with Gasteiger partial charge in [-0.1, -0.05) is 11.6 Å². The van der Waals surface area contributed by atoms with Crippen molar-refractivity contribution < 1.29 is 19.1 Å². The summed E-state index contributed by atoms with van der Waals surface area (Å²) in [6, 6.07) is 2.85. The summed E-state index contributed by atoms with van der Waals surface area (Å²) in [5.74, 6) is -0.160. The quantitative estimate of drug-likeness (QED) is 0.741. The maximum atomic E-state index is 12.5. The van der Waals surface area contributed by atoms with Gasteiger partial charge in [0.1, 0.15) is 0 Å². The molecule has 1 aromatic carbocycles. The van der Waals surface area contributed by atoms with E-state index in [4.69, 9.17) is 16.3 Å². The molecule has 2 aliphatic heterocycles. The lowest BCUT2D eigenvalue weighted by atomic mass is 9.97. The molecule has 0 radical (unpaired) electrons. The predicted octanol–water partition coefficient (Wildman–Crippen LogP) is 1.66. The van der Waals surface area contributed by atoms with Crippen LogP contribution in [0.25, 0.3) is 0 Å². The number of nitrogens with zero attached hydrogens (tertiary/aromatic N) is 1. The highest BCUT2D eigenvalue weighted by Gasteiger charge is 2.28. The number of carbonyl (C=O) groups excluding carboxylic acids is 3. The van der Waals surface area contributed by atoms with Crippen molar-refractivity contribution in [3.63, 3.8) is 0 Å². The second kappa shape index (κ2) is 7.18. The fraction of sp³-hybridized carbons (Fsp3) is 0.438. The fourth-order valence-electron chi connectivity index (χ4n) is 3.01. The van der Waals surface area contributed by atoms with Crippen molar-refractivity contribution in [1.82, 2.24) is 10.2 Å². The van der Waals surface area contributed by atoms with E-state index in [-0.39, 0.29) is 30.4 Å². The van der Waals surface area contributed by atoms with Crippen LogP contribution in [0.15, 0.2) is 12.1 Å². The van der Waals surface area contributed by atoms with Gasteiger partial charge < -0.3 is 25.6 Å². The first-order valence-corrected chi connectivity index (χ1v) is 8.39. The Labute approximate surface area is 149 Å². The topological polar surface area (TPSA) is 99.8 Å². The molecule has 2 aliphatic rings. The first-order valence-electron chi connectivity index (χ1n) is 8.01. The van der Waals surface area contributed by atoms with Crippen molar-refractivity contribution >= 4 is 40.8 Å². The Kier molecular flexibility index (Phi) is 4.98. The van der Waals surface area contributed by atoms with Crippen LogP contribution < -0.4 is 20.7 Å². The van der Waals surface area contributed by atoms with Gasteiger partial charge in [0.25, 0.3) is 5.91 Å². The maximum absolute atomic E-state index is 12.5. The Morgan fingerprint density at radius 1 is 1.40 bits per heavy atom. The number of likely N-dealkylation sites (tertiary alicyclic amines) is 1. The summed E-state index contributed by atoms with van der Waals surface area (Å²) in [5, 5.41) is 8.34. The maximum Gasteiger partial charge on any atom is 0.321 e. The van der Waals surface area contributed by atoms with Crippen molar-refractivity contribution in [3.05, 3.63) is 17.2 Å². The zero-order chi connectivity index (χ0) is 18.0. The lowest BCUT2D eigenvalue weighted by Gasteiger charge is -2.32. The number of fused-ring (bicyclic) bond motifs is 1. The van der Waals surface area contributed by atoms with E-state index in [2.05, 4.69) is 16.0 Å². The molecule has 4 amide bonds. The van der Waals surface area contributed by atoms with E-state index in [1.165, 1.54) is 0 Å². The number of nitrogens with one attached hydrogen (secondary N) is 3. The van der Waals surface area contributed by atoms with Crippen LogP contribution in [-0.4, -0.2) is 49.5 Å². The first-order chi connectivity index (χ1) is 12.0. The number of carbonyl (C=O) groups is 3. The number of piperidine rings is 1. The molecule has 1 aromatic rings. The average molecular weight is 367 g/mol. The van der Waals surface area contributed by atoms with E-state index in [9.17, 15) is 14.4 Å². The summed E-state index contributed by atoms with van der Waals surface area (Å²) in [7, 11) is 1.59. The molecule has 3 rings (SSSR count). The van der Waals surface area contributed by atoms with E-state index in [0.717, 1.165) is 12.8 Å². The number of hydrogen-bond donors (Lipinski definition) is 3. The molecule has 8 nitrogen and oxygen atoms in total. The summed E-state index contributed by atoms with van der Waals surface area (Å²) < 4.78 is 5.28. The summed E-state index contributed by atoms with van der Waals surface area (Å²) in [4.78, 5) is 37.3. The second-order valence-electron chi connectivity index (χ2n) is 6.00. The van der Waals surface area contributed by atoms with Crippen LogP contribution in [0.2, 0.25) is 5.02 Å². The van der Waals surface area contributed by atoms with Crippen molar-refractivity contribution in [2.24, 2.45) is 5.92 Å². The molecular weight excluding hydrogens is 348 g/mol. The molecule has 0 spiro atoms. The molecule has 2 heterocycles. The number of halogens is 1. The summed E-state index contributed by atoms with van der Waals surface area (Å²) in [5.41, 5.74) is 0.863. The Morgan fingerprint density at radius 3 is 2.96 bits per heavy atom. The van der Waals surface area contributed by atoms with E-state index in [1.807, 2.05) is 0 Å². The smallest absolute Gasteiger partial charge is 0.321 e. The highest BCUT2D eigenvalue weighted by Crippen LogP contribution is 2.38. The van der Waals surface area contributed by atoms with E-state index < -0.39 is 0 Å². The average Bonchev–Trinajstić information content (AvgIpc) is 2.60. The lowest BCUT2D eigenvalue weighted by Crippen LogP contribution is -2.46.